The lowest BCUT2D eigenvalue weighted by Crippen LogP contribution is -2.11. The van der Waals surface area contributed by atoms with Crippen LogP contribution >= 0.6 is 22.9 Å². The summed E-state index contributed by atoms with van der Waals surface area (Å²) >= 11 is 7.29. The first kappa shape index (κ1) is 12.0. The average molecular weight is 267 g/mol. The summed E-state index contributed by atoms with van der Waals surface area (Å²) in [5.74, 6) is -0.127. The van der Waals surface area contributed by atoms with E-state index in [1.165, 1.54) is 11.3 Å². The molecule has 0 saturated carbocycles. The van der Waals surface area contributed by atoms with Crippen LogP contribution in [0.15, 0.2) is 29.6 Å². The van der Waals surface area contributed by atoms with Crippen LogP contribution in [0.25, 0.3) is 0 Å². The molecule has 0 radical (unpaired) electrons. The maximum absolute atomic E-state index is 11.9. The van der Waals surface area contributed by atoms with Gasteiger partial charge < -0.3 is 11.1 Å². The van der Waals surface area contributed by atoms with E-state index in [1.54, 1.807) is 18.2 Å². The van der Waals surface area contributed by atoms with Crippen molar-refractivity contribution in [3.8, 4) is 0 Å². The van der Waals surface area contributed by atoms with Crippen molar-refractivity contribution in [1.82, 2.24) is 0 Å². The zero-order valence-electron chi connectivity index (χ0n) is 9.16. The number of rotatable bonds is 2. The largest absolute Gasteiger partial charge is 0.398 e. The Morgan fingerprint density at radius 3 is 2.76 bits per heavy atom. The zero-order valence-corrected chi connectivity index (χ0v) is 10.7. The first-order chi connectivity index (χ1) is 8.08. The Balaban J connectivity index is 2.19. The Labute approximate surface area is 108 Å². The van der Waals surface area contributed by atoms with E-state index in [-0.39, 0.29) is 5.91 Å². The molecule has 0 aliphatic carbocycles. The Bertz CT molecular complexity index is 565. The molecule has 1 amide bonds. The van der Waals surface area contributed by atoms with Crippen LogP contribution in [0.2, 0.25) is 5.02 Å². The lowest BCUT2D eigenvalue weighted by molar-refractivity contribution is 0.103. The molecule has 0 fully saturated rings. The van der Waals surface area contributed by atoms with Gasteiger partial charge in [-0.05, 0) is 42.1 Å². The van der Waals surface area contributed by atoms with Crippen LogP contribution in [0.3, 0.4) is 0 Å². The van der Waals surface area contributed by atoms with Crippen LogP contribution in [0.4, 0.5) is 11.4 Å². The number of aryl methyl sites for hydroxylation is 1. The number of benzene rings is 1. The number of hydrogen-bond acceptors (Lipinski definition) is 3. The summed E-state index contributed by atoms with van der Waals surface area (Å²) in [5.41, 5.74) is 7.70. The van der Waals surface area contributed by atoms with Gasteiger partial charge in [0.2, 0.25) is 0 Å². The number of anilines is 2. The summed E-state index contributed by atoms with van der Waals surface area (Å²) in [4.78, 5) is 12.6. The lowest BCUT2D eigenvalue weighted by atomic mass is 10.2. The second-order valence-corrected chi connectivity index (χ2v) is 4.95. The van der Waals surface area contributed by atoms with E-state index in [9.17, 15) is 4.79 Å². The molecule has 0 saturated heterocycles. The van der Waals surface area contributed by atoms with Crippen LogP contribution in [0.5, 0.6) is 0 Å². The molecule has 0 aliphatic rings. The highest BCUT2D eigenvalue weighted by Crippen LogP contribution is 2.24. The van der Waals surface area contributed by atoms with Crippen molar-refractivity contribution in [2.24, 2.45) is 0 Å². The highest BCUT2D eigenvalue weighted by molar-refractivity contribution is 7.12. The van der Waals surface area contributed by atoms with E-state index >= 15 is 0 Å². The third-order valence-electron chi connectivity index (χ3n) is 2.33. The second kappa shape index (κ2) is 4.77. The fourth-order valence-corrected chi connectivity index (χ4v) is 2.40. The fourth-order valence-electron chi connectivity index (χ4n) is 1.40. The van der Waals surface area contributed by atoms with E-state index < -0.39 is 0 Å². The van der Waals surface area contributed by atoms with Crippen molar-refractivity contribution in [2.45, 2.75) is 6.92 Å². The summed E-state index contributed by atoms with van der Waals surface area (Å²) in [6, 6.07) is 6.94. The molecule has 3 N–H and O–H groups in total. The minimum atomic E-state index is -0.127. The minimum Gasteiger partial charge on any atom is -0.398 e. The Kier molecular flexibility index (Phi) is 3.36. The molecule has 1 aromatic carbocycles. The SMILES string of the molecule is Cc1ccsc1C(=O)Nc1ccc(N)c(Cl)c1. The van der Waals surface area contributed by atoms with Gasteiger partial charge in [0.05, 0.1) is 15.6 Å². The smallest absolute Gasteiger partial charge is 0.265 e. The van der Waals surface area contributed by atoms with Crippen molar-refractivity contribution in [3.05, 3.63) is 45.1 Å². The van der Waals surface area contributed by atoms with E-state index in [1.807, 2.05) is 18.4 Å². The van der Waals surface area contributed by atoms with Crippen LogP contribution in [0.1, 0.15) is 15.2 Å². The van der Waals surface area contributed by atoms with Crippen LogP contribution in [-0.4, -0.2) is 5.91 Å². The summed E-state index contributed by atoms with van der Waals surface area (Å²) in [6.45, 7) is 1.90. The second-order valence-electron chi connectivity index (χ2n) is 3.62. The van der Waals surface area contributed by atoms with Crippen LogP contribution < -0.4 is 11.1 Å². The molecule has 1 aromatic heterocycles. The Morgan fingerprint density at radius 1 is 1.41 bits per heavy atom. The maximum Gasteiger partial charge on any atom is 0.265 e. The van der Waals surface area contributed by atoms with Gasteiger partial charge in [-0.1, -0.05) is 11.6 Å². The number of thiophene rings is 1. The fraction of sp³-hybridized carbons (Fsp3) is 0.0833. The summed E-state index contributed by atoms with van der Waals surface area (Å²) in [5, 5.41) is 5.11. The number of nitrogens with two attached hydrogens (primary N) is 1. The Hall–Kier alpha value is -1.52. The molecule has 2 aromatic rings. The molecule has 0 bridgehead atoms. The normalized spacial score (nSPS) is 10.2. The van der Waals surface area contributed by atoms with Gasteiger partial charge in [-0.25, -0.2) is 0 Å². The van der Waals surface area contributed by atoms with Crippen molar-refractivity contribution >= 4 is 40.2 Å². The topological polar surface area (TPSA) is 55.1 Å². The third kappa shape index (κ3) is 2.60. The van der Waals surface area contributed by atoms with Gasteiger partial charge in [-0.15, -0.1) is 11.3 Å². The van der Waals surface area contributed by atoms with Gasteiger partial charge in [-0.2, -0.15) is 0 Å². The van der Waals surface area contributed by atoms with Crippen molar-refractivity contribution in [1.29, 1.82) is 0 Å². The van der Waals surface area contributed by atoms with Crippen molar-refractivity contribution in [2.75, 3.05) is 11.1 Å². The molecule has 88 valence electrons. The first-order valence-corrected chi connectivity index (χ1v) is 6.24. The molecule has 5 heteroatoms. The van der Waals surface area contributed by atoms with Crippen molar-refractivity contribution in [3.63, 3.8) is 0 Å². The molecule has 3 nitrogen and oxygen atoms in total. The molecule has 0 spiro atoms. The summed E-state index contributed by atoms with van der Waals surface area (Å²) < 4.78 is 0. The first-order valence-electron chi connectivity index (χ1n) is 4.98. The van der Waals surface area contributed by atoms with E-state index in [0.29, 0.717) is 21.3 Å². The average Bonchev–Trinajstić information content (AvgIpc) is 2.70. The molecule has 0 aliphatic heterocycles. The minimum absolute atomic E-state index is 0.127. The zero-order chi connectivity index (χ0) is 12.4. The van der Waals surface area contributed by atoms with Gasteiger partial charge in [0, 0.05) is 5.69 Å². The van der Waals surface area contributed by atoms with E-state index in [2.05, 4.69) is 5.32 Å². The number of carbonyl (C=O) groups excluding carboxylic acids is 1. The highest BCUT2D eigenvalue weighted by Gasteiger charge is 2.10. The number of amides is 1. The Morgan fingerprint density at radius 2 is 2.18 bits per heavy atom. The number of nitrogen functional groups attached to an aromatic ring is 1. The van der Waals surface area contributed by atoms with Crippen LogP contribution in [-0.2, 0) is 0 Å². The van der Waals surface area contributed by atoms with Crippen molar-refractivity contribution < 1.29 is 4.79 Å². The molecule has 0 unspecified atom stereocenters. The molecular weight excluding hydrogens is 256 g/mol. The van der Waals surface area contributed by atoms with Gasteiger partial charge >= 0.3 is 0 Å². The summed E-state index contributed by atoms with van der Waals surface area (Å²) in [6.07, 6.45) is 0. The quantitative estimate of drug-likeness (QED) is 0.817. The number of carbonyl (C=O) groups is 1. The molecule has 17 heavy (non-hydrogen) atoms. The number of hydrogen-bond donors (Lipinski definition) is 2. The predicted molar refractivity (Wildman–Crippen MR) is 72.9 cm³/mol. The van der Waals surface area contributed by atoms with Gasteiger partial charge in [0.1, 0.15) is 0 Å². The van der Waals surface area contributed by atoms with E-state index in [4.69, 9.17) is 17.3 Å². The standard InChI is InChI=1S/C12H11ClN2OS/c1-7-4-5-17-11(7)12(16)15-8-2-3-10(14)9(13)6-8/h2-6H,14H2,1H3,(H,15,16). The molecule has 2 rings (SSSR count). The monoisotopic (exact) mass is 266 g/mol. The van der Waals surface area contributed by atoms with E-state index in [0.717, 1.165) is 5.56 Å². The van der Waals surface area contributed by atoms with Gasteiger partial charge in [-0.3, -0.25) is 4.79 Å². The molecule has 1 heterocycles. The third-order valence-corrected chi connectivity index (χ3v) is 3.67. The summed E-state index contributed by atoms with van der Waals surface area (Å²) in [7, 11) is 0. The van der Waals surface area contributed by atoms with Gasteiger partial charge in [0.25, 0.3) is 5.91 Å². The number of nitrogens with one attached hydrogen (secondary N) is 1. The van der Waals surface area contributed by atoms with Crippen LogP contribution in [0, 0.1) is 6.92 Å². The molecule has 0 atom stereocenters. The highest BCUT2D eigenvalue weighted by atomic mass is 35.5. The van der Waals surface area contributed by atoms with Gasteiger partial charge in [0.15, 0.2) is 0 Å². The number of halogens is 1. The predicted octanol–water partition coefficient (Wildman–Crippen LogP) is 3.54. The maximum atomic E-state index is 11.9. The lowest BCUT2D eigenvalue weighted by Gasteiger charge is -2.06. The molecular formula is C12H11ClN2OS.